The van der Waals surface area contributed by atoms with Gasteiger partial charge in [-0.25, -0.2) is 17.2 Å². The van der Waals surface area contributed by atoms with Gasteiger partial charge in [0.15, 0.2) is 11.6 Å². The number of hydrogen-bond donors (Lipinski definition) is 1. The zero-order chi connectivity index (χ0) is 14.9. The van der Waals surface area contributed by atoms with Crippen molar-refractivity contribution in [1.29, 1.82) is 0 Å². The molecule has 1 amide bonds. The van der Waals surface area contributed by atoms with E-state index in [9.17, 15) is 22.0 Å². The number of sulfonamides is 1. The third-order valence-electron chi connectivity index (χ3n) is 3.39. The summed E-state index contributed by atoms with van der Waals surface area (Å²) < 4.78 is 51.6. The molecule has 0 aromatic heterocycles. The van der Waals surface area contributed by atoms with Gasteiger partial charge in [0.05, 0.1) is 4.90 Å². The van der Waals surface area contributed by atoms with Crippen LogP contribution in [-0.4, -0.2) is 31.7 Å². The number of hydrogen-bond acceptors (Lipinski definition) is 3. The first-order chi connectivity index (χ1) is 9.32. The molecule has 1 fully saturated rings. The van der Waals surface area contributed by atoms with E-state index in [1.165, 1.54) is 0 Å². The number of nitrogens with two attached hydrogens (primary N) is 1. The topological polar surface area (TPSA) is 80.5 Å². The van der Waals surface area contributed by atoms with Crippen molar-refractivity contribution in [2.45, 2.75) is 17.7 Å². The average Bonchev–Trinajstić information content (AvgIpc) is 2.41. The first-order valence-electron chi connectivity index (χ1n) is 6.07. The number of primary amides is 1. The summed E-state index contributed by atoms with van der Waals surface area (Å²) in [6.07, 6.45) is 0.663. The van der Waals surface area contributed by atoms with Crippen molar-refractivity contribution in [3.8, 4) is 0 Å². The number of amides is 1. The molecule has 5 nitrogen and oxygen atoms in total. The monoisotopic (exact) mass is 304 g/mol. The van der Waals surface area contributed by atoms with Crippen LogP contribution in [0, 0.1) is 17.6 Å². The first-order valence-corrected chi connectivity index (χ1v) is 7.51. The molecular formula is C12H14F2N2O3S. The molecule has 0 saturated carbocycles. The van der Waals surface area contributed by atoms with Crippen LogP contribution in [0.15, 0.2) is 23.1 Å². The molecule has 0 spiro atoms. The third kappa shape index (κ3) is 2.80. The van der Waals surface area contributed by atoms with Crippen LogP contribution in [0.4, 0.5) is 8.78 Å². The van der Waals surface area contributed by atoms with Gasteiger partial charge >= 0.3 is 0 Å². The maximum Gasteiger partial charge on any atom is 0.243 e. The normalized spacial score (nSPS) is 18.1. The number of rotatable bonds is 3. The first kappa shape index (κ1) is 14.9. The minimum Gasteiger partial charge on any atom is -0.369 e. The molecule has 0 bridgehead atoms. The Morgan fingerprint density at radius 3 is 2.30 bits per heavy atom. The largest absolute Gasteiger partial charge is 0.369 e. The molecule has 8 heteroatoms. The maximum atomic E-state index is 13.1. The molecule has 2 N–H and O–H groups in total. The summed E-state index contributed by atoms with van der Waals surface area (Å²) in [6.45, 7) is 0.268. The van der Waals surface area contributed by atoms with Gasteiger partial charge in [0, 0.05) is 19.0 Å². The Labute approximate surface area is 115 Å². The molecule has 0 radical (unpaired) electrons. The molecule has 1 saturated heterocycles. The fourth-order valence-electron chi connectivity index (χ4n) is 2.17. The van der Waals surface area contributed by atoms with Gasteiger partial charge in [-0.2, -0.15) is 4.31 Å². The maximum absolute atomic E-state index is 13.1. The van der Waals surface area contributed by atoms with E-state index in [4.69, 9.17) is 5.73 Å². The predicted octanol–water partition coefficient (Wildman–Crippen LogP) is 0.851. The number of carbonyl (C=O) groups is 1. The van der Waals surface area contributed by atoms with Crippen LogP contribution >= 0.6 is 0 Å². The second-order valence-electron chi connectivity index (χ2n) is 4.66. The van der Waals surface area contributed by atoms with Crippen LogP contribution in [0.25, 0.3) is 0 Å². The van der Waals surface area contributed by atoms with E-state index in [-0.39, 0.29) is 23.9 Å². The zero-order valence-corrected chi connectivity index (χ0v) is 11.4. The van der Waals surface area contributed by atoms with Crippen molar-refractivity contribution in [2.24, 2.45) is 11.7 Å². The molecule has 20 heavy (non-hydrogen) atoms. The van der Waals surface area contributed by atoms with E-state index >= 15 is 0 Å². The summed E-state index contributed by atoms with van der Waals surface area (Å²) in [6, 6.07) is 2.46. The van der Waals surface area contributed by atoms with Gasteiger partial charge in [-0.15, -0.1) is 0 Å². The highest BCUT2D eigenvalue weighted by atomic mass is 32.2. The fraction of sp³-hybridized carbons (Fsp3) is 0.417. The van der Waals surface area contributed by atoms with Gasteiger partial charge in [-0.3, -0.25) is 4.79 Å². The van der Waals surface area contributed by atoms with Crippen molar-refractivity contribution in [2.75, 3.05) is 13.1 Å². The third-order valence-corrected chi connectivity index (χ3v) is 5.28. The summed E-state index contributed by atoms with van der Waals surface area (Å²) in [4.78, 5) is 10.7. The molecule has 110 valence electrons. The Balaban J connectivity index is 2.19. The number of benzene rings is 1. The number of nitrogens with zero attached hydrogens (tertiary/aromatic N) is 1. The minimum atomic E-state index is -3.88. The average molecular weight is 304 g/mol. The Bertz CT molecular complexity index is 626. The molecule has 0 aliphatic carbocycles. The summed E-state index contributed by atoms with van der Waals surface area (Å²) in [5.74, 6) is -3.10. The standard InChI is InChI=1S/C12H14F2N2O3S/c13-10-2-1-9(7-11(10)14)20(18,19)16-5-3-8(4-6-16)12(15)17/h1-2,7-8H,3-6H2,(H2,15,17). The SMILES string of the molecule is NC(=O)C1CCN(S(=O)(=O)c2ccc(F)c(F)c2)CC1. The lowest BCUT2D eigenvalue weighted by molar-refractivity contribution is -0.122. The van der Waals surface area contributed by atoms with Crippen LogP contribution < -0.4 is 5.73 Å². The van der Waals surface area contributed by atoms with E-state index in [0.717, 1.165) is 16.4 Å². The van der Waals surface area contributed by atoms with Crippen LogP contribution in [-0.2, 0) is 14.8 Å². The fourth-order valence-corrected chi connectivity index (χ4v) is 3.65. The summed E-state index contributed by atoms with van der Waals surface area (Å²) in [5, 5.41) is 0. The van der Waals surface area contributed by atoms with Crippen molar-refractivity contribution in [3.05, 3.63) is 29.8 Å². The molecular weight excluding hydrogens is 290 g/mol. The highest BCUT2D eigenvalue weighted by Crippen LogP contribution is 2.24. The van der Waals surface area contributed by atoms with E-state index in [1.807, 2.05) is 0 Å². The zero-order valence-electron chi connectivity index (χ0n) is 10.6. The Morgan fingerprint density at radius 2 is 1.80 bits per heavy atom. The van der Waals surface area contributed by atoms with Crippen molar-refractivity contribution >= 4 is 15.9 Å². The molecule has 1 aliphatic rings. The molecule has 2 rings (SSSR count). The van der Waals surface area contributed by atoms with Crippen molar-refractivity contribution in [1.82, 2.24) is 4.31 Å². The van der Waals surface area contributed by atoms with Crippen LogP contribution in [0.5, 0.6) is 0 Å². The van der Waals surface area contributed by atoms with Crippen LogP contribution in [0.3, 0.4) is 0 Å². The lowest BCUT2D eigenvalue weighted by Gasteiger charge is -2.29. The van der Waals surface area contributed by atoms with Crippen molar-refractivity contribution in [3.63, 3.8) is 0 Å². The quantitative estimate of drug-likeness (QED) is 0.899. The molecule has 1 aromatic carbocycles. The molecule has 1 heterocycles. The summed E-state index contributed by atoms with van der Waals surface area (Å²) in [7, 11) is -3.88. The molecule has 1 aliphatic heterocycles. The molecule has 0 atom stereocenters. The van der Waals surface area contributed by atoms with Gasteiger partial charge in [0.25, 0.3) is 0 Å². The number of halogens is 2. The molecule has 1 aromatic rings. The smallest absolute Gasteiger partial charge is 0.243 e. The van der Waals surface area contributed by atoms with E-state index < -0.39 is 27.6 Å². The predicted molar refractivity (Wildman–Crippen MR) is 67.0 cm³/mol. The molecule has 0 unspecified atom stereocenters. The van der Waals surface area contributed by atoms with E-state index in [2.05, 4.69) is 0 Å². The number of piperidine rings is 1. The van der Waals surface area contributed by atoms with Crippen LogP contribution in [0.2, 0.25) is 0 Å². The van der Waals surface area contributed by atoms with E-state index in [0.29, 0.717) is 18.9 Å². The second-order valence-corrected chi connectivity index (χ2v) is 6.59. The van der Waals surface area contributed by atoms with Gasteiger partial charge < -0.3 is 5.73 Å². The van der Waals surface area contributed by atoms with Crippen molar-refractivity contribution < 1.29 is 22.0 Å². The Kier molecular flexibility index (Phi) is 4.05. The Hall–Kier alpha value is -1.54. The lowest BCUT2D eigenvalue weighted by atomic mass is 9.98. The minimum absolute atomic E-state index is 0.134. The van der Waals surface area contributed by atoms with Gasteiger partial charge in [0.1, 0.15) is 0 Å². The van der Waals surface area contributed by atoms with Gasteiger partial charge in [-0.1, -0.05) is 0 Å². The van der Waals surface area contributed by atoms with Gasteiger partial charge in [-0.05, 0) is 31.0 Å². The highest BCUT2D eigenvalue weighted by Gasteiger charge is 2.31. The van der Waals surface area contributed by atoms with Gasteiger partial charge in [0.2, 0.25) is 15.9 Å². The second kappa shape index (κ2) is 5.45. The van der Waals surface area contributed by atoms with E-state index in [1.54, 1.807) is 0 Å². The summed E-state index contributed by atoms with van der Waals surface area (Å²) >= 11 is 0. The summed E-state index contributed by atoms with van der Waals surface area (Å²) in [5.41, 5.74) is 5.17. The highest BCUT2D eigenvalue weighted by molar-refractivity contribution is 7.89. The Morgan fingerprint density at radius 1 is 1.20 bits per heavy atom. The lowest BCUT2D eigenvalue weighted by Crippen LogP contribution is -2.41. The van der Waals surface area contributed by atoms with Crippen LogP contribution in [0.1, 0.15) is 12.8 Å². The number of carbonyl (C=O) groups excluding carboxylic acids is 1.